The quantitative estimate of drug-likeness (QED) is 0.815. The van der Waals surface area contributed by atoms with Gasteiger partial charge in [0, 0.05) is 12.1 Å². The first-order chi connectivity index (χ1) is 12.1. The maximum absolute atomic E-state index is 11.5. The minimum Gasteiger partial charge on any atom is -0.399 e. The van der Waals surface area contributed by atoms with E-state index in [0.29, 0.717) is 26.1 Å². The van der Waals surface area contributed by atoms with Gasteiger partial charge in [0.05, 0.1) is 30.0 Å². The Balaban J connectivity index is 1.61. The zero-order valence-electron chi connectivity index (χ0n) is 16.5. The Bertz CT molecular complexity index is 662. The van der Waals surface area contributed by atoms with Gasteiger partial charge < -0.3 is 19.2 Å². The predicted molar refractivity (Wildman–Crippen MR) is 101 cm³/mol. The Morgan fingerprint density at radius 1 is 1.04 bits per heavy atom. The van der Waals surface area contributed by atoms with Crippen LogP contribution in [0.4, 0.5) is 0 Å². The molecule has 1 aromatic carbocycles. The van der Waals surface area contributed by atoms with E-state index in [2.05, 4.69) is 45.7 Å². The van der Waals surface area contributed by atoms with E-state index in [-0.39, 0.29) is 23.3 Å². The lowest BCUT2D eigenvalue weighted by molar-refractivity contribution is -0.137. The van der Waals surface area contributed by atoms with Crippen LogP contribution in [0.2, 0.25) is 0 Å². The average molecular weight is 359 g/mol. The first-order valence-corrected chi connectivity index (χ1v) is 9.59. The molecule has 2 unspecified atom stereocenters. The van der Waals surface area contributed by atoms with Crippen molar-refractivity contribution >= 4 is 12.6 Å². The van der Waals surface area contributed by atoms with Crippen LogP contribution < -0.4 is 5.46 Å². The van der Waals surface area contributed by atoms with Crippen LogP contribution >= 0.6 is 0 Å². The van der Waals surface area contributed by atoms with E-state index in [1.54, 1.807) is 0 Å². The molecule has 6 heteroatoms. The SMILES string of the molecule is CN1C2COCC1CC(O)(c1cccc(B3OC(C)(C)C(C)(C)O3)c1)C2. The van der Waals surface area contributed by atoms with Crippen LogP contribution in [-0.2, 0) is 19.6 Å². The average Bonchev–Trinajstić information content (AvgIpc) is 2.77. The molecular formula is C20H30BNO4. The summed E-state index contributed by atoms with van der Waals surface area (Å²) in [5.74, 6) is 0. The molecule has 4 rings (SSSR count). The number of aliphatic hydroxyl groups is 1. The molecule has 0 amide bonds. The van der Waals surface area contributed by atoms with Gasteiger partial charge in [0.15, 0.2) is 0 Å². The van der Waals surface area contributed by atoms with Crippen molar-refractivity contribution in [2.75, 3.05) is 20.3 Å². The number of benzene rings is 1. The van der Waals surface area contributed by atoms with Gasteiger partial charge in [-0.15, -0.1) is 0 Å². The highest BCUT2D eigenvalue weighted by molar-refractivity contribution is 6.62. The molecule has 0 spiro atoms. The van der Waals surface area contributed by atoms with Crippen LogP contribution in [0.25, 0.3) is 0 Å². The Morgan fingerprint density at radius 2 is 1.62 bits per heavy atom. The molecule has 5 nitrogen and oxygen atoms in total. The number of hydrogen-bond donors (Lipinski definition) is 1. The molecule has 26 heavy (non-hydrogen) atoms. The minimum absolute atomic E-state index is 0.257. The highest BCUT2D eigenvalue weighted by Crippen LogP contribution is 2.41. The van der Waals surface area contributed by atoms with Gasteiger partial charge in [0.25, 0.3) is 0 Å². The first kappa shape index (κ1) is 18.4. The Labute approximate surface area is 156 Å². The monoisotopic (exact) mass is 359 g/mol. The lowest BCUT2D eigenvalue weighted by Gasteiger charge is -2.50. The van der Waals surface area contributed by atoms with E-state index in [0.717, 1.165) is 11.0 Å². The molecule has 0 aromatic heterocycles. The Hall–Kier alpha value is -0.915. The third kappa shape index (κ3) is 2.92. The van der Waals surface area contributed by atoms with Gasteiger partial charge >= 0.3 is 7.12 Å². The molecule has 142 valence electrons. The molecular weight excluding hydrogens is 329 g/mol. The molecule has 0 saturated carbocycles. The van der Waals surface area contributed by atoms with Crippen molar-refractivity contribution in [2.24, 2.45) is 0 Å². The van der Waals surface area contributed by atoms with Crippen molar-refractivity contribution in [2.45, 2.75) is 69.4 Å². The van der Waals surface area contributed by atoms with Crippen molar-refractivity contribution in [3.8, 4) is 0 Å². The number of rotatable bonds is 2. The number of morpholine rings is 1. The molecule has 2 bridgehead atoms. The van der Waals surface area contributed by atoms with E-state index in [1.807, 2.05) is 18.2 Å². The fourth-order valence-electron chi connectivity index (χ4n) is 4.33. The second-order valence-electron chi connectivity index (χ2n) is 9.16. The van der Waals surface area contributed by atoms with Gasteiger partial charge in [-0.25, -0.2) is 0 Å². The molecule has 3 aliphatic heterocycles. The molecule has 3 saturated heterocycles. The molecule has 1 aromatic rings. The van der Waals surface area contributed by atoms with Crippen LogP contribution in [0.1, 0.15) is 46.1 Å². The number of piperidine rings is 1. The molecule has 0 aliphatic carbocycles. The third-order valence-electron chi connectivity index (χ3n) is 6.87. The van der Waals surface area contributed by atoms with Crippen LogP contribution in [-0.4, -0.2) is 60.7 Å². The number of hydrogen-bond acceptors (Lipinski definition) is 5. The number of likely N-dealkylation sites (N-methyl/N-ethyl adjacent to an activating group) is 1. The van der Waals surface area contributed by atoms with Crippen molar-refractivity contribution in [3.05, 3.63) is 29.8 Å². The second kappa shape index (κ2) is 6.04. The summed E-state index contributed by atoms with van der Waals surface area (Å²) < 4.78 is 18.1. The van der Waals surface area contributed by atoms with Crippen molar-refractivity contribution in [3.63, 3.8) is 0 Å². The summed E-state index contributed by atoms with van der Waals surface area (Å²) in [4.78, 5) is 2.36. The Kier molecular flexibility index (Phi) is 4.29. The summed E-state index contributed by atoms with van der Waals surface area (Å²) in [5, 5.41) is 11.5. The van der Waals surface area contributed by atoms with Gasteiger partial charge in [0.1, 0.15) is 0 Å². The van der Waals surface area contributed by atoms with E-state index >= 15 is 0 Å². The van der Waals surface area contributed by atoms with Crippen LogP contribution in [0.15, 0.2) is 24.3 Å². The van der Waals surface area contributed by atoms with E-state index in [4.69, 9.17) is 14.0 Å². The summed E-state index contributed by atoms with van der Waals surface area (Å²) in [6.07, 6.45) is 1.37. The second-order valence-corrected chi connectivity index (χ2v) is 9.16. The first-order valence-electron chi connectivity index (χ1n) is 9.59. The molecule has 1 N–H and O–H groups in total. The van der Waals surface area contributed by atoms with E-state index in [9.17, 15) is 5.11 Å². The van der Waals surface area contributed by atoms with Crippen LogP contribution in [0.3, 0.4) is 0 Å². The molecule has 3 fully saturated rings. The summed E-state index contributed by atoms with van der Waals surface area (Å²) in [6, 6.07) is 8.62. The number of ether oxygens (including phenoxy) is 1. The van der Waals surface area contributed by atoms with Gasteiger partial charge in [0.2, 0.25) is 0 Å². The van der Waals surface area contributed by atoms with E-state index in [1.165, 1.54) is 0 Å². The van der Waals surface area contributed by atoms with Gasteiger partial charge in [-0.1, -0.05) is 24.3 Å². The highest BCUT2D eigenvalue weighted by Gasteiger charge is 2.52. The van der Waals surface area contributed by atoms with Crippen LogP contribution in [0, 0.1) is 0 Å². The van der Waals surface area contributed by atoms with Crippen molar-refractivity contribution in [1.29, 1.82) is 0 Å². The zero-order chi connectivity index (χ0) is 18.7. The van der Waals surface area contributed by atoms with E-state index < -0.39 is 12.7 Å². The minimum atomic E-state index is -0.828. The lowest BCUT2D eigenvalue weighted by atomic mass is 9.73. The third-order valence-corrected chi connectivity index (χ3v) is 6.87. The maximum atomic E-state index is 11.5. The summed E-state index contributed by atoms with van der Waals surface area (Å²) >= 11 is 0. The molecule has 0 radical (unpaired) electrons. The lowest BCUT2D eigenvalue weighted by Crippen LogP contribution is -2.59. The smallest absolute Gasteiger partial charge is 0.399 e. The largest absolute Gasteiger partial charge is 0.494 e. The zero-order valence-corrected chi connectivity index (χ0v) is 16.5. The van der Waals surface area contributed by atoms with Crippen molar-refractivity contribution < 1.29 is 19.2 Å². The maximum Gasteiger partial charge on any atom is 0.494 e. The Morgan fingerprint density at radius 3 is 2.19 bits per heavy atom. The fourth-order valence-corrected chi connectivity index (χ4v) is 4.33. The molecule has 3 aliphatic rings. The number of nitrogens with zero attached hydrogens (tertiary/aromatic N) is 1. The number of fused-ring (bicyclic) bond motifs is 2. The molecule has 2 atom stereocenters. The highest BCUT2D eigenvalue weighted by atomic mass is 16.7. The fraction of sp³-hybridized carbons (Fsp3) is 0.700. The summed E-state index contributed by atoms with van der Waals surface area (Å²) in [6.45, 7) is 9.61. The normalized spacial score (nSPS) is 36.3. The topological polar surface area (TPSA) is 51.2 Å². The van der Waals surface area contributed by atoms with Gasteiger partial charge in [-0.3, -0.25) is 4.90 Å². The summed E-state index contributed by atoms with van der Waals surface area (Å²) in [7, 11) is 1.73. The predicted octanol–water partition coefficient (Wildman–Crippen LogP) is 1.67. The van der Waals surface area contributed by atoms with Gasteiger partial charge in [-0.05, 0) is 58.6 Å². The summed E-state index contributed by atoms with van der Waals surface area (Å²) in [5.41, 5.74) is 0.356. The van der Waals surface area contributed by atoms with Crippen LogP contribution in [0.5, 0.6) is 0 Å². The van der Waals surface area contributed by atoms with Gasteiger partial charge in [-0.2, -0.15) is 0 Å². The molecule has 3 heterocycles. The van der Waals surface area contributed by atoms with Crippen molar-refractivity contribution in [1.82, 2.24) is 4.90 Å². The standard InChI is InChI=1S/C20H30BNO4/c1-18(2)19(3,4)26-21(25-18)15-8-6-7-14(9-15)20(23)10-16-12-24-13-17(11-20)22(16)5/h6-9,16-17,23H,10-13H2,1-5H3.